The normalized spacial score (nSPS) is 34.1. The number of hydrogen-bond acceptors (Lipinski definition) is 3. The second kappa shape index (κ2) is 8.11. The first-order valence-electron chi connectivity index (χ1n) is 12.1. The monoisotopic (exact) mass is 454 g/mol. The van der Waals surface area contributed by atoms with Crippen LogP contribution >= 0.6 is 0 Å². The van der Waals surface area contributed by atoms with E-state index in [1.54, 1.807) is 0 Å². The van der Waals surface area contributed by atoms with Crippen LogP contribution in [0.5, 0.6) is 0 Å². The lowest BCUT2D eigenvalue weighted by Gasteiger charge is -2.59. The van der Waals surface area contributed by atoms with Crippen LogP contribution in [0.25, 0.3) is 0 Å². The Morgan fingerprint density at radius 3 is 1.97 bits per heavy atom. The third kappa shape index (κ3) is 4.69. The molecule has 2 rings (SSSR count). The maximum atomic E-state index is 13.1. The second-order valence-corrected chi connectivity index (χ2v) is 23.3. The highest BCUT2D eigenvalue weighted by Gasteiger charge is 2.59. The molecule has 0 heterocycles. The fourth-order valence-corrected chi connectivity index (χ4v) is 7.65. The van der Waals surface area contributed by atoms with Gasteiger partial charge < -0.3 is 8.85 Å². The average Bonchev–Trinajstić information content (AvgIpc) is 2.56. The Bertz CT molecular complexity index is 644. The van der Waals surface area contributed by atoms with Crippen LogP contribution in [0.3, 0.4) is 0 Å². The summed E-state index contributed by atoms with van der Waals surface area (Å²) in [7, 11) is -3.81. The van der Waals surface area contributed by atoms with E-state index in [4.69, 9.17) is 8.85 Å². The van der Waals surface area contributed by atoms with Crippen molar-refractivity contribution >= 4 is 22.4 Å². The molecule has 2 saturated carbocycles. The van der Waals surface area contributed by atoms with Gasteiger partial charge >= 0.3 is 0 Å². The van der Waals surface area contributed by atoms with Gasteiger partial charge in [-0.25, -0.2) is 0 Å². The third-order valence-corrected chi connectivity index (χ3v) is 18.5. The van der Waals surface area contributed by atoms with Gasteiger partial charge in [-0.15, -0.1) is 0 Å². The summed E-state index contributed by atoms with van der Waals surface area (Å²) in [6.45, 7) is 28.6. The van der Waals surface area contributed by atoms with E-state index >= 15 is 0 Å². The number of rotatable bonds is 5. The zero-order valence-electron chi connectivity index (χ0n) is 22.1. The van der Waals surface area contributed by atoms with Crippen molar-refractivity contribution in [3.05, 3.63) is 0 Å². The van der Waals surface area contributed by atoms with Crippen LogP contribution in [0.15, 0.2) is 0 Å². The Morgan fingerprint density at radius 1 is 0.933 bits per heavy atom. The molecule has 0 N–H and O–H groups in total. The first kappa shape index (κ1) is 26.3. The maximum absolute atomic E-state index is 13.1. The summed E-state index contributed by atoms with van der Waals surface area (Å²) in [5.74, 6) is 0.822. The van der Waals surface area contributed by atoms with Crippen LogP contribution in [-0.4, -0.2) is 35.1 Å². The highest BCUT2D eigenvalue weighted by molar-refractivity contribution is 6.74. The molecule has 2 aliphatic rings. The topological polar surface area (TPSA) is 35.5 Å². The number of carbonyl (C=O) groups excluding carboxylic acids is 1. The molecule has 0 aromatic carbocycles. The molecule has 0 bridgehead atoms. The van der Waals surface area contributed by atoms with Gasteiger partial charge in [-0.1, -0.05) is 55.4 Å². The molecule has 0 aromatic heterocycles. The highest BCUT2D eigenvalue weighted by atomic mass is 28.4. The summed E-state index contributed by atoms with van der Waals surface area (Å²) in [5.41, 5.74) is -0.328. The van der Waals surface area contributed by atoms with Crippen molar-refractivity contribution in [2.75, 3.05) is 6.61 Å². The van der Waals surface area contributed by atoms with Crippen molar-refractivity contribution in [3.8, 4) is 0 Å². The Hall–Kier alpha value is 0.0238. The smallest absolute Gasteiger partial charge is 0.192 e. The van der Waals surface area contributed by atoms with Gasteiger partial charge in [-0.05, 0) is 67.9 Å². The molecule has 0 unspecified atom stereocenters. The standard InChI is InChI=1S/C25H50O3Si2/c1-22(2,3)29(9,10)27-18-25(8)19-14-13-15-20(26)24(19,7)17-16-21(25)28-30(11,12)23(4,5)6/h19,21H,13-18H2,1-12H3/t19-,21+,24+,25+/m1/s1. The van der Waals surface area contributed by atoms with Crippen LogP contribution < -0.4 is 0 Å². The Balaban J connectivity index is 2.43. The van der Waals surface area contributed by atoms with Crippen molar-refractivity contribution < 1.29 is 13.6 Å². The number of ketones is 1. The minimum absolute atomic E-state index is 0.117. The molecule has 0 aromatic rings. The molecular formula is C25H50O3Si2. The molecule has 176 valence electrons. The van der Waals surface area contributed by atoms with Gasteiger partial charge in [0.15, 0.2) is 16.6 Å². The molecule has 0 radical (unpaired) electrons. The van der Waals surface area contributed by atoms with E-state index in [1.165, 1.54) is 0 Å². The Morgan fingerprint density at radius 2 is 1.47 bits per heavy atom. The fourth-order valence-electron chi connectivity index (χ4n) is 5.09. The molecule has 2 aliphatic carbocycles. The molecule has 4 atom stereocenters. The molecule has 0 aliphatic heterocycles. The van der Waals surface area contributed by atoms with Crippen molar-refractivity contribution in [1.82, 2.24) is 0 Å². The molecule has 30 heavy (non-hydrogen) atoms. The van der Waals surface area contributed by atoms with Gasteiger partial charge in [0.2, 0.25) is 0 Å². The lowest BCUT2D eigenvalue weighted by atomic mass is 9.50. The van der Waals surface area contributed by atoms with Crippen LogP contribution in [-0.2, 0) is 13.6 Å². The van der Waals surface area contributed by atoms with Gasteiger partial charge in [0, 0.05) is 23.9 Å². The van der Waals surface area contributed by atoms with Gasteiger partial charge in [0.25, 0.3) is 0 Å². The Kier molecular flexibility index (Phi) is 7.10. The molecule has 0 amide bonds. The van der Waals surface area contributed by atoms with Crippen molar-refractivity contribution in [3.63, 3.8) is 0 Å². The van der Waals surface area contributed by atoms with Crippen LogP contribution in [0.1, 0.15) is 87.5 Å². The molecule has 0 saturated heterocycles. The minimum atomic E-state index is -1.92. The van der Waals surface area contributed by atoms with Gasteiger partial charge in [-0.2, -0.15) is 0 Å². The highest BCUT2D eigenvalue weighted by Crippen LogP contribution is 2.58. The van der Waals surface area contributed by atoms with Crippen LogP contribution in [0.2, 0.25) is 36.3 Å². The van der Waals surface area contributed by atoms with E-state index in [0.717, 1.165) is 38.7 Å². The zero-order chi connectivity index (χ0) is 23.4. The summed E-state index contributed by atoms with van der Waals surface area (Å²) < 4.78 is 14.0. The predicted molar refractivity (Wildman–Crippen MR) is 133 cm³/mol. The second-order valence-electron chi connectivity index (χ2n) is 13.7. The number of hydrogen-bond donors (Lipinski definition) is 0. The fraction of sp³-hybridized carbons (Fsp3) is 0.960. The van der Waals surface area contributed by atoms with Gasteiger partial charge in [0.1, 0.15) is 5.78 Å². The van der Waals surface area contributed by atoms with Crippen LogP contribution in [0.4, 0.5) is 0 Å². The molecule has 0 spiro atoms. The van der Waals surface area contributed by atoms with Crippen molar-refractivity contribution in [2.24, 2.45) is 16.7 Å². The van der Waals surface area contributed by atoms with E-state index < -0.39 is 16.6 Å². The van der Waals surface area contributed by atoms with Crippen molar-refractivity contribution in [2.45, 2.75) is 130 Å². The summed E-state index contributed by atoms with van der Waals surface area (Å²) in [6.07, 6.45) is 5.00. The first-order valence-corrected chi connectivity index (χ1v) is 17.9. The van der Waals surface area contributed by atoms with E-state index in [2.05, 4.69) is 81.6 Å². The lowest BCUT2D eigenvalue weighted by molar-refractivity contribution is -0.160. The number of Topliss-reactive ketones (excluding diaryl/α,β-unsaturated/α-hetero) is 1. The number of carbonyl (C=O) groups is 1. The van der Waals surface area contributed by atoms with Gasteiger partial charge in [0.05, 0.1) is 6.10 Å². The zero-order valence-corrected chi connectivity index (χ0v) is 24.1. The van der Waals surface area contributed by atoms with E-state index in [9.17, 15) is 4.79 Å². The van der Waals surface area contributed by atoms with Crippen molar-refractivity contribution in [1.29, 1.82) is 0 Å². The average molecular weight is 455 g/mol. The number of fused-ring (bicyclic) bond motifs is 1. The molecule has 3 nitrogen and oxygen atoms in total. The quantitative estimate of drug-likeness (QED) is 0.402. The predicted octanol–water partition coefficient (Wildman–Crippen LogP) is 7.57. The lowest BCUT2D eigenvalue weighted by Crippen LogP contribution is -2.61. The SMILES string of the molecule is CC(C)(C)[Si](C)(C)OC[C@]1(C)[C@@H](O[Si](C)(C)C(C)(C)C)CC[C@]2(C)C(=O)CCC[C@@H]12. The largest absolute Gasteiger partial charge is 0.416 e. The van der Waals surface area contributed by atoms with E-state index in [-0.39, 0.29) is 27.0 Å². The maximum Gasteiger partial charge on any atom is 0.192 e. The summed E-state index contributed by atoms with van der Waals surface area (Å²) in [5, 5.41) is 0.358. The molecule has 2 fully saturated rings. The minimum Gasteiger partial charge on any atom is -0.416 e. The third-order valence-electron chi connectivity index (χ3n) is 9.55. The van der Waals surface area contributed by atoms with E-state index in [1.807, 2.05) is 0 Å². The summed E-state index contributed by atoms with van der Waals surface area (Å²) in [4.78, 5) is 13.1. The molecular weight excluding hydrogens is 404 g/mol. The van der Waals surface area contributed by atoms with Crippen LogP contribution in [0, 0.1) is 16.7 Å². The summed E-state index contributed by atoms with van der Waals surface area (Å²) >= 11 is 0. The van der Waals surface area contributed by atoms with Gasteiger partial charge in [-0.3, -0.25) is 4.79 Å². The molecule has 5 heteroatoms. The summed E-state index contributed by atoms with van der Waals surface area (Å²) in [6, 6.07) is 0. The Labute approximate surface area is 189 Å². The van der Waals surface area contributed by atoms with E-state index in [0.29, 0.717) is 11.7 Å². The first-order chi connectivity index (χ1) is 13.3.